The molecule has 6 nitrogen and oxygen atoms in total. The van der Waals surface area contributed by atoms with Crippen molar-refractivity contribution in [3.8, 4) is 0 Å². The molecule has 1 aromatic heterocycles. The topological polar surface area (TPSA) is 61.3 Å². The number of anilines is 1. The summed E-state index contributed by atoms with van der Waals surface area (Å²) < 4.78 is 1.34. The number of nitrogens with zero attached hydrogens (tertiary/aromatic N) is 3. The number of nitrogens with one attached hydrogen (secondary N) is 1. The molecular formula is C25H33ClN4O2S. The first kappa shape index (κ1) is 25.4. The number of H-pyrrole nitrogens is 1. The molecule has 1 aliphatic heterocycles. The standard InChI is InChI=1S/C25H32N4O2S.ClH/c1-19(2)32-23-12-6-5-11-22(23)28-17-15-27(16-18-28)13-7-8-14-29-24(30)20-9-3-4-10-21(20)26-25(29)31;/h3-6,9-12,19H,7-8,13-18H2,1-2H3,(H,26,31);1H. The Morgan fingerprint density at radius 2 is 1.58 bits per heavy atom. The molecule has 0 bridgehead atoms. The van der Waals surface area contributed by atoms with E-state index in [-0.39, 0.29) is 23.7 Å². The zero-order valence-electron chi connectivity index (χ0n) is 19.3. The third-order valence-corrected chi connectivity index (χ3v) is 7.01. The second-order valence-electron chi connectivity index (χ2n) is 8.60. The molecule has 2 aromatic carbocycles. The molecule has 0 saturated carbocycles. The smallest absolute Gasteiger partial charge is 0.328 e. The van der Waals surface area contributed by atoms with E-state index in [1.807, 2.05) is 23.9 Å². The van der Waals surface area contributed by atoms with Crippen molar-refractivity contribution >= 4 is 40.8 Å². The average molecular weight is 489 g/mol. The number of hydrogen-bond acceptors (Lipinski definition) is 5. The zero-order chi connectivity index (χ0) is 22.5. The quantitative estimate of drug-likeness (QED) is 0.380. The molecule has 0 atom stereocenters. The van der Waals surface area contributed by atoms with Crippen LogP contribution in [0.15, 0.2) is 63.0 Å². The lowest BCUT2D eigenvalue weighted by Gasteiger charge is -2.37. The van der Waals surface area contributed by atoms with Gasteiger partial charge < -0.3 is 9.88 Å². The Labute approximate surface area is 205 Å². The minimum absolute atomic E-state index is 0. The molecule has 1 aliphatic rings. The SMILES string of the molecule is CC(C)Sc1ccccc1N1CCN(CCCCn2c(=O)[nH]c3ccccc3c2=O)CC1.Cl. The first-order chi connectivity index (χ1) is 15.5. The maximum absolute atomic E-state index is 12.6. The molecule has 4 rings (SSSR count). The fraction of sp³-hybridized carbons (Fsp3) is 0.440. The highest BCUT2D eigenvalue weighted by Crippen LogP contribution is 2.33. The lowest BCUT2D eigenvalue weighted by molar-refractivity contribution is 0.250. The first-order valence-electron chi connectivity index (χ1n) is 11.5. The maximum Gasteiger partial charge on any atom is 0.328 e. The number of halogens is 1. The van der Waals surface area contributed by atoms with Gasteiger partial charge in [-0.2, -0.15) is 0 Å². The Kier molecular flexibility index (Phi) is 9.06. The molecule has 1 fully saturated rings. The summed E-state index contributed by atoms with van der Waals surface area (Å²) in [6, 6.07) is 15.9. The van der Waals surface area contributed by atoms with Crippen LogP contribution in [0.1, 0.15) is 26.7 Å². The number of aromatic nitrogens is 2. The minimum atomic E-state index is -0.319. The Bertz CT molecular complexity index is 1170. The molecular weight excluding hydrogens is 456 g/mol. The highest BCUT2D eigenvalue weighted by molar-refractivity contribution is 8.00. The number of rotatable bonds is 8. The number of thioether (sulfide) groups is 1. The van der Waals surface area contributed by atoms with Gasteiger partial charge in [0.25, 0.3) is 5.56 Å². The van der Waals surface area contributed by atoms with Crippen molar-refractivity contribution in [1.29, 1.82) is 0 Å². The van der Waals surface area contributed by atoms with Gasteiger partial charge in [0.2, 0.25) is 0 Å². The fourth-order valence-corrected chi connectivity index (χ4v) is 5.27. The van der Waals surface area contributed by atoms with E-state index < -0.39 is 0 Å². The summed E-state index contributed by atoms with van der Waals surface area (Å²) in [6.45, 7) is 10.1. The van der Waals surface area contributed by atoms with Crippen molar-refractivity contribution in [2.45, 2.75) is 43.4 Å². The highest BCUT2D eigenvalue weighted by atomic mass is 35.5. The summed E-state index contributed by atoms with van der Waals surface area (Å²) in [4.78, 5) is 34.1. The zero-order valence-corrected chi connectivity index (χ0v) is 21.0. The molecule has 33 heavy (non-hydrogen) atoms. The second-order valence-corrected chi connectivity index (χ2v) is 10.2. The number of para-hydroxylation sites is 2. The van der Waals surface area contributed by atoms with Crippen molar-refractivity contribution < 1.29 is 0 Å². The van der Waals surface area contributed by atoms with Crippen LogP contribution in [-0.4, -0.2) is 52.4 Å². The highest BCUT2D eigenvalue weighted by Gasteiger charge is 2.19. The van der Waals surface area contributed by atoms with E-state index in [2.05, 4.69) is 52.9 Å². The van der Waals surface area contributed by atoms with E-state index in [0.29, 0.717) is 22.7 Å². The van der Waals surface area contributed by atoms with Crippen LogP contribution in [0, 0.1) is 0 Å². The largest absolute Gasteiger partial charge is 0.368 e. The molecule has 0 unspecified atom stereocenters. The summed E-state index contributed by atoms with van der Waals surface area (Å²) >= 11 is 1.93. The number of piperazine rings is 1. The summed E-state index contributed by atoms with van der Waals surface area (Å²) in [7, 11) is 0. The third kappa shape index (κ3) is 6.22. The summed E-state index contributed by atoms with van der Waals surface area (Å²) in [5.41, 5.74) is 1.43. The molecule has 1 saturated heterocycles. The van der Waals surface area contributed by atoms with Gasteiger partial charge in [-0.3, -0.25) is 14.3 Å². The normalized spacial score (nSPS) is 14.6. The average Bonchev–Trinajstić information content (AvgIpc) is 2.79. The van der Waals surface area contributed by atoms with Gasteiger partial charge >= 0.3 is 5.69 Å². The first-order valence-corrected chi connectivity index (χ1v) is 12.4. The molecule has 178 valence electrons. The molecule has 3 aromatic rings. The van der Waals surface area contributed by atoms with Gasteiger partial charge in [0.05, 0.1) is 16.6 Å². The Balaban J connectivity index is 0.00000306. The predicted molar refractivity (Wildman–Crippen MR) is 141 cm³/mol. The molecule has 2 heterocycles. The van der Waals surface area contributed by atoms with Crippen LogP contribution in [-0.2, 0) is 6.54 Å². The van der Waals surface area contributed by atoms with Crippen LogP contribution in [0.4, 0.5) is 5.69 Å². The Morgan fingerprint density at radius 1 is 0.909 bits per heavy atom. The summed E-state index contributed by atoms with van der Waals surface area (Å²) in [6.07, 6.45) is 1.79. The fourth-order valence-electron chi connectivity index (χ4n) is 4.29. The van der Waals surface area contributed by atoms with Gasteiger partial charge in [0, 0.05) is 42.9 Å². The molecule has 8 heteroatoms. The number of unbranched alkanes of at least 4 members (excludes halogenated alkanes) is 1. The monoisotopic (exact) mass is 488 g/mol. The van der Waals surface area contributed by atoms with E-state index in [4.69, 9.17) is 0 Å². The maximum atomic E-state index is 12.6. The third-order valence-electron chi connectivity index (χ3n) is 5.94. The van der Waals surface area contributed by atoms with Crippen molar-refractivity contribution in [3.63, 3.8) is 0 Å². The summed E-state index contributed by atoms with van der Waals surface area (Å²) in [5.74, 6) is 0. The molecule has 0 amide bonds. The number of aromatic amines is 1. The molecule has 0 aliphatic carbocycles. The van der Waals surface area contributed by atoms with Crippen molar-refractivity contribution in [2.24, 2.45) is 0 Å². The van der Waals surface area contributed by atoms with Crippen molar-refractivity contribution in [3.05, 3.63) is 69.4 Å². The van der Waals surface area contributed by atoms with Crippen LogP contribution in [0.25, 0.3) is 10.9 Å². The van der Waals surface area contributed by atoms with E-state index >= 15 is 0 Å². The van der Waals surface area contributed by atoms with Crippen molar-refractivity contribution in [1.82, 2.24) is 14.5 Å². The Hall–Kier alpha value is -2.22. The van der Waals surface area contributed by atoms with Gasteiger partial charge in [-0.1, -0.05) is 38.1 Å². The number of hydrogen-bond donors (Lipinski definition) is 1. The van der Waals surface area contributed by atoms with E-state index in [1.165, 1.54) is 15.1 Å². The predicted octanol–water partition coefficient (Wildman–Crippen LogP) is 4.21. The summed E-state index contributed by atoms with van der Waals surface area (Å²) in [5, 5.41) is 1.14. The minimum Gasteiger partial charge on any atom is -0.368 e. The van der Waals surface area contributed by atoms with Crippen LogP contribution in [0.3, 0.4) is 0 Å². The van der Waals surface area contributed by atoms with Gasteiger partial charge in [0.15, 0.2) is 0 Å². The van der Waals surface area contributed by atoms with Gasteiger partial charge in [0.1, 0.15) is 0 Å². The van der Waals surface area contributed by atoms with Gasteiger partial charge in [-0.05, 0) is 43.7 Å². The van der Waals surface area contributed by atoms with E-state index in [9.17, 15) is 9.59 Å². The van der Waals surface area contributed by atoms with Crippen LogP contribution >= 0.6 is 24.2 Å². The van der Waals surface area contributed by atoms with E-state index in [0.717, 1.165) is 45.6 Å². The van der Waals surface area contributed by atoms with Gasteiger partial charge in [-0.25, -0.2) is 4.79 Å². The van der Waals surface area contributed by atoms with Crippen LogP contribution in [0.5, 0.6) is 0 Å². The molecule has 0 radical (unpaired) electrons. The molecule has 0 spiro atoms. The molecule has 1 N–H and O–H groups in total. The van der Waals surface area contributed by atoms with Gasteiger partial charge in [-0.15, -0.1) is 24.2 Å². The number of fused-ring (bicyclic) bond motifs is 1. The van der Waals surface area contributed by atoms with Crippen LogP contribution in [0.2, 0.25) is 0 Å². The Morgan fingerprint density at radius 3 is 2.33 bits per heavy atom. The second kappa shape index (κ2) is 11.8. The lowest BCUT2D eigenvalue weighted by atomic mass is 10.2. The van der Waals surface area contributed by atoms with E-state index in [1.54, 1.807) is 12.1 Å². The van der Waals surface area contributed by atoms with Crippen LogP contribution < -0.4 is 16.1 Å². The van der Waals surface area contributed by atoms with Crippen molar-refractivity contribution in [2.75, 3.05) is 37.6 Å². The lowest BCUT2D eigenvalue weighted by Crippen LogP contribution is -2.46. The number of benzene rings is 2.